The number of H-pyrrole nitrogens is 1. The van der Waals surface area contributed by atoms with E-state index in [-0.39, 0.29) is 0 Å². The van der Waals surface area contributed by atoms with Gasteiger partial charge in [0.25, 0.3) is 0 Å². The zero-order valence-electron chi connectivity index (χ0n) is 7.64. The van der Waals surface area contributed by atoms with E-state index in [1.54, 1.807) is 29.9 Å². The molecule has 6 heteroatoms. The number of hydrogen-bond donors (Lipinski definition) is 2. The lowest BCUT2D eigenvalue weighted by molar-refractivity contribution is 1.10. The summed E-state index contributed by atoms with van der Waals surface area (Å²) in [5.74, 6) is 0.544. The van der Waals surface area contributed by atoms with Crippen LogP contribution in [0.5, 0.6) is 0 Å². The van der Waals surface area contributed by atoms with E-state index in [9.17, 15) is 0 Å². The summed E-state index contributed by atoms with van der Waals surface area (Å²) >= 11 is 1.58. The highest BCUT2D eigenvalue weighted by Crippen LogP contribution is 2.31. The molecule has 0 saturated heterocycles. The number of fused-ring (bicyclic) bond motifs is 1. The van der Waals surface area contributed by atoms with Crippen molar-refractivity contribution in [1.82, 2.24) is 20.2 Å². The lowest BCUT2D eigenvalue weighted by atomic mass is 10.3. The molecule has 0 radical (unpaired) electrons. The SMILES string of the molecule is Nc1[nH]ncc1-c1nc2cnccc2s1. The first-order valence-corrected chi connectivity index (χ1v) is 5.16. The first-order chi connectivity index (χ1) is 7.34. The molecular weight excluding hydrogens is 210 g/mol. The number of aromatic amines is 1. The summed E-state index contributed by atoms with van der Waals surface area (Å²) in [6.07, 6.45) is 5.18. The second kappa shape index (κ2) is 3.03. The van der Waals surface area contributed by atoms with Gasteiger partial charge in [-0.05, 0) is 6.07 Å². The summed E-state index contributed by atoms with van der Waals surface area (Å²) in [5.41, 5.74) is 7.46. The normalized spacial score (nSPS) is 10.9. The van der Waals surface area contributed by atoms with Gasteiger partial charge in [-0.1, -0.05) is 0 Å². The third-order valence-corrected chi connectivity index (χ3v) is 3.16. The average Bonchev–Trinajstić information content (AvgIpc) is 2.82. The van der Waals surface area contributed by atoms with E-state index in [4.69, 9.17) is 5.73 Å². The van der Waals surface area contributed by atoms with E-state index < -0.39 is 0 Å². The minimum atomic E-state index is 0.544. The summed E-state index contributed by atoms with van der Waals surface area (Å²) in [4.78, 5) is 8.45. The monoisotopic (exact) mass is 217 g/mol. The van der Waals surface area contributed by atoms with Gasteiger partial charge in [-0.25, -0.2) is 4.98 Å². The van der Waals surface area contributed by atoms with Crippen LogP contribution in [0.2, 0.25) is 0 Å². The van der Waals surface area contributed by atoms with Gasteiger partial charge in [-0.2, -0.15) is 5.10 Å². The maximum Gasteiger partial charge on any atom is 0.130 e. The number of rotatable bonds is 1. The van der Waals surface area contributed by atoms with Gasteiger partial charge in [0.2, 0.25) is 0 Å². The van der Waals surface area contributed by atoms with Crippen LogP contribution in [0.4, 0.5) is 5.82 Å². The second-order valence-electron chi connectivity index (χ2n) is 3.06. The molecule has 3 rings (SSSR count). The van der Waals surface area contributed by atoms with Crippen LogP contribution in [-0.4, -0.2) is 20.2 Å². The number of pyridine rings is 1. The highest BCUT2D eigenvalue weighted by Gasteiger charge is 2.10. The van der Waals surface area contributed by atoms with Crippen LogP contribution in [0.25, 0.3) is 20.8 Å². The molecule has 0 saturated carbocycles. The van der Waals surface area contributed by atoms with Gasteiger partial charge >= 0.3 is 0 Å². The van der Waals surface area contributed by atoms with E-state index in [0.717, 1.165) is 20.8 Å². The van der Waals surface area contributed by atoms with Gasteiger partial charge in [0.1, 0.15) is 16.3 Å². The molecule has 3 aromatic heterocycles. The van der Waals surface area contributed by atoms with Gasteiger partial charge in [-0.3, -0.25) is 10.1 Å². The quantitative estimate of drug-likeness (QED) is 0.649. The largest absolute Gasteiger partial charge is 0.383 e. The number of aromatic nitrogens is 4. The van der Waals surface area contributed by atoms with E-state index in [0.29, 0.717) is 5.82 Å². The molecule has 0 fully saturated rings. The Morgan fingerprint density at radius 1 is 1.33 bits per heavy atom. The molecule has 3 heterocycles. The molecule has 0 amide bonds. The predicted octanol–water partition coefficient (Wildman–Crippen LogP) is 1.66. The Kier molecular flexibility index (Phi) is 1.69. The van der Waals surface area contributed by atoms with Crippen molar-refractivity contribution in [3.8, 4) is 10.6 Å². The molecule has 0 aliphatic carbocycles. The fourth-order valence-electron chi connectivity index (χ4n) is 1.36. The Hall–Kier alpha value is -1.95. The topological polar surface area (TPSA) is 80.5 Å². The number of hydrogen-bond acceptors (Lipinski definition) is 5. The number of anilines is 1. The van der Waals surface area contributed by atoms with Crippen molar-refractivity contribution in [2.45, 2.75) is 0 Å². The summed E-state index contributed by atoms with van der Waals surface area (Å²) < 4.78 is 1.10. The molecule has 74 valence electrons. The predicted molar refractivity (Wildman–Crippen MR) is 59.4 cm³/mol. The summed E-state index contributed by atoms with van der Waals surface area (Å²) in [6.45, 7) is 0. The molecule has 0 spiro atoms. The van der Waals surface area contributed by atoms with E-state index in [1.807, 2.05) is 6.07 Å². The van der Waals surface area contributed by atoms with Crippen LogP contribution in [0.1, 0.15) is 0 Å². The van der Waals surface area contributed by atoms with Crippen molar-refractivity contribution >= 4 is 27.4 Å². The molecule has 0 aliphatic rings. The summed E-state index contributed by atoms with van der Waals surface area (Å²) in [6, 6.07) is 1.94. The Labute approximate surface area is 89.0 Å². The molecule has 0 bridgehead atoms. The maximum absolute atomic E-state index is 5.73. The van der Waals surface area contributed by atoms with Gasteiger partial charge in [0, 0.05) is 6.20 Å². The molecule has 3 N–H and O–H groups in total. The lowest BCUT2D eigenvalue weighted by Crippen LogP contribution is -1.86. The highest BCUT2D eigenvalue weighted by atomic mass is 32.1. The van der Waals surface area contributed by atoms with E-state index in [2.05, 4.69) is 20.2 Å². The molecule has 5 nitrogen and oxygen atoms in total. The van der Waals surface area contributed by atoms with Crippen LogP contribution in [0, 0.1) is 0 Å². The molecule has 0 aromatic carbocycles. The molecule has 0 unspecified atom stereocenters. The zero-order chi connectivity index (χ0) is 10.3. The number of nitrogens with one attached hydrogen (secondary N) is 1. The number of nitrogens with zero attached hydrogens (tertiary/aromatic N) is 3. The summed E-state index contributed by atoms with van der Waals surface area (Å²) in [7, 11) is 0. The maximum atomic E-state index is 5.73. The third kappa shape index (κ3) is 1.26. The van der Waals surface area contributed by atoms with Crippen LogP contribution in [-0.2, 0) is 0 Å². The van der Waals surface area contributed by atoms with Crippen LogP contribution in [0.3, 0.4) is 0 Å². The van der Waals surface area contributed by atoms with E-state index in [1.165, 1.54) is 0 Å². The van der Waals surface area contributed by atoms with Gasteiger partial charge in [0.05, 0.1) is 22.7 Å². The van der Waals surface area contributed by atoms with Crippen molar-refractivity contribution in [1.29, 1.82) is 0 Å². The Balaban J connectivity index is 2.24. The van der Waals surface area contributed by atoms with Crippen molar-refractivity contribution in [2.24, 2.45) is 0 Å². The molecular formula is C9H7N5S. The Morgan fingerprint density at radius 2 is 2.27 bits per heavy atom. The smallest absolute Gasteiger partial charge is 0.130 e. The van der Waals surface area contributed by atoms with Crippen molar-refractivity contribution in [3.05, 3.63) is 24.7 Å². The van der Waals surface area contributed by atoms with Gasteiger partial charge in [0.15, 0.2) is 0 Å². The molecule has 0 atom stereocenters. The van der Waals surface area contributed by atoms with Crippen molar-refractivity contribution in [2.75, 3.05) is 5.73 Å². The lowest BCUT2D eigenvalue weighted by Gasteiger charge is -1.89. The summed E-state index contributed by atoms with van der Waals surface area (Å²) in [5, 5.41) is 7.42. The highest BCUT2D eigenvalue weighted by molar-refractivity contribution is 7.21. The fourth-order valence-corrected chi connectivity index (χ4v) is 2.32. The minimum absolute atomic E-state index is 0.544. The standard InChI is InChI=1S/C9H7N5S/c10-8-5(3-12-14-8)9-13-6-4-11-2-1-7(6)15-9/h1-4H,(H3,10,12,14). The van der Waals surface area contributed by atoms with Crippen molar-refractivity contribution < 1.29 is 0 Å². The molecule has 15 heavy (non-hydrogen) atoms. The first-order valence-electron chi connectivity index (χ1n) is 4.34. The Bertz CT molecular complexity index is 579. The van der Waals surface area contributed by atoms with Gasteiger partial charge < -0.3 is 5.73 Å². The first kappa shape index (κ1) is 8.37. The molecule has 0 aliphatic heterocycles. The van der Waals surface area contributed by atoms with Gasteiger partial charge in [-0.15, -0.1) is 11.3 Å². The van der Waals surface area contributed by atoms with Crippen molar-refractivity contribution in [3.63, 3.8) is 0 Å². The fraction of sp³-hybridized carbons (Fsp3) is 0. The third-order valence-electron chi connectivity index (χ3n) is 2.09. The Morgan fingerprint density at radius 3 is 3.00 bits per heavy atom. The second-order valence-corrected chi connectivity index (χ2v) is 4.09. The van der Waals surface area contributed by atoms with Crippen LogP contribution >= 0.6 is 11.3 Å². The number of nitrogens with two attached hydrogens (primary N) is 1. The van der Waals surface area contributed by atoms with Crippen LogP contribution < -0.4 is 5.73 Å². The number of nitrogen functional groups attached to an aromatic ring is 1. The number of thiazole rings is 1. The zero-order valence-corrected chi connectivity index (χ0v) is 8.45. The minimum Gasteiger partial charge on any atom is -0.383 e. The molecule has 3 aromatic rings. The van der Waals surface area contributed by atoms with E-state index >= 15 is 0 Å². The average molecular weight is 217 g/mol. The van der Waals surface area contributed by atoms with Crippen LogP contribution in [0.15, 0.2) is 24.7 Å².